The third-order valence-corrected chi connectivity index (χ3v) is 6.98. The van der Waals surface area contributed by atoms with Crippen LogP contribution in [0.15, 0.2) is 83.9 Å². The lowest BCUT2D eigenvalue weighted by molar-refractivity contribution is -0.118. The van der Waals surface area contributed by atoms with E-state index in [1.165, 1.54) is 5.56 Å². The van der Waals surface area contributed by atoms with Crippen LogP contribution in [0.4, 0.5) is 5.69 Å². The van der Waals surface area contributed by atoms with Crippen LogP contribution in [0.1, 0.15) is 35.1 Å². The van der Waals surface area contributed by atoms with Gasteiger partial charge in [-0.25, -0.2) is 9.89 Å². The molecule has 0 radical (unpaired) electrons. The lowest BCUT2D eigenvalue weighted by atomic mass is 9.90. The Kier molecular flexibility index (Phi) is 6.48. The second kappa shape index (κ2) is 9.84. The molecule has 2 heterocycles. The Hall–Kier alpha value is -3.40. The standard InChI is InChI=1S/C30H33N3O/c1-22-17-23(2)19-27(18-22)33-29(34)28(21-25-11-7-4-8-12-25)31-30(33)32-15-13-26(14-16-32)20-24-9-5-3-6-10-24/h3-12,17-19,26,28H,13-16,20-21H2,1-2H3. The lowest BCUT2D eigenvalue weighted by Crippen LogP contribution is -2.48. The van der Waals surface area contributed by atoms with Gasteiger partial charge in [-0.2, -0.15) is 0 Å². The number of guanidine groups is 1. The van der Waals surface area contributed by atoms with Gasteiger partial charge in [0.1, 0.15) is 6.04 Å². The van der Waals surface area contributed by atoms with Crippen LogP contribution in [0, 0.1) is 19.8 Å². The largest absolute Gasteiger partial charge is 0.342 e. The molecule has 1 amide bonds. The summed E-state index contributed by atoms with van der Waals surface area (Å²) in [5, 5.41) is 0. The highest BCUT2D eigenvalue weighted by Crippen LogP contribution is 2.30. The maximum Gasteiger partial charge on any atom is 0.259 e. The van der Waals surface area contributed by atoms with Gasteiger partial charge < -0.3 is 4.90 Å². The van der Waals surface area contributed by atoms with Crippen molar-refractivity contribution in [3.05, 3.63) is 101 Å². The summed E-state index contributed by atoms with van der Waals surface area (Å²) >= 11 is 0. The normalized spacial score (nSPS) is 18.9. The van der Waals surface area contributed by atoms with E-state index in [1.807, 2.05) is 23.1 Å². The first kappa shape index (κ1) is 22.4. The molecule has 3 aromatic carbocycles. The maximum atomic E-state index is 13.7. The molecular formula is C30H33N3O. The fourth-order valence-corrected chi connectivity index (χ4v) is 5.30. The predicted molar refractivity (Wildman–Crippen MR) is 139 cm³/mol. The summed E-state index contributed by atoms with van der Waals surface area (Å²) in [5.74, 6) is 1.58. The van der Waals surface area contributed by atoms with Crippen molar-refractivity contribution in [3.8, 4) is 0 Å². The van der Waals surface area contributed by atoms with Crippen molar-refractivity contribution in [2.24, 2.45) is 10.9 Å². The minimum absolute atomic E-state index is 0.0789. The summed E-state index contributed by atoms with van der Waals surface area (Å²) < 4.78 is 0. The number of benzene rings is 3. The third kappa shape index (κ3) is 4.91. The molecule has 3 aromatic rings. The van der Waals surface area contributed by atoms with Crippen LogP contribution in [0.3, 0.4) is 0 Å². The monoisotopic (exact) mass is 451 g/mol. The van der Waals surface area contributed by atoms with Gasteiger partial charge in [0.25, 0.3) is 5.91 Å². The van der Waals surface area contributed by atoms with Crippen LogP contribution in [-0.4, -0.2) is 35.9 Å². The number of rotatable bonds is 5. The molecule has 4 heteroatoms. The number of aryl methyl sites for hydroxylation is 2. The first-order valence-corrected chi connectivity index (χ1v) is 12.4. The molecule has 0 N–H and O–H groups in total. The number of hydrogen-bond acceptors (Lipinski definition) is 3. The van der Waals surface area contributed by atoms with Gasteiger partial charge in [-0.1, -0.05) is 66.7 Å². The van der Waals surface area contributed by atoms with E-state index in [2.05, 4.69) is 79.4 Å². The molecule has 0 aliphatic carbocycles. The van der Waals surface area contributed by atoms with Gasteiger partial charge in [0, 0.05) is 19.5 Å². The molecule has 0 spiro atoms. The number of nitrogens with zero attached hydrogens (tertiary/aromatic N) is 3. The van der Waals surface area contributed by atoms with Crippen LogP contribution in [-0.2, 0) is 17.6 Å². The molecular weight excluding hydrogens is 418 g/mol. The van der Waals surface area contributed by atoms with Gasteiger partial charge in [0.05, 0.1) is 5.69 Å². The second-order valence-electron chi connectivity index (χ2n) is 9.77. The molecule has 0 bridgehead atoms. The lowest BCUT2D eigenvalue weighted by Gasteiger charge is -2.36. The Bertz CT molecular complexity index is 1140. The molecule has 1 unspecified atom stereocenters. The molecule has 174 valence electrons. The van der Waals surface area contributed by atoms with Crippen LogP contribution in [0.2, 0.25) is 0 Å². The highest BCUT2D eigenvalue weighted by molar-refractivity contribution is 6.22. The zero-order chi connectivity index (χ0) is 23.5. The fourth-order valence-electron chi connectivity index (χ4n) is 5.30. The van der Waals surface area contributed by atoms with Crippen molar-refractivity contribution in [1.82, 2.24) is 4.90 Å². The van der Waals surface area contributed by atoms with Crippen LogP contribution in [0.5, 0.6) is 0 Å². The van der Waals surface area contributed by atoms with E-state index in [0.29, 0.717) is 12.3 Å². The Morgan fingerprint density at radius 2 is 1.35 bits per heavy atom. The summed E-state index contributed by atoms with van der Waals surface area (Å²) in [6, 6.07) is 27.0. The first-order valence-electron chi connectivity index (χ1n) is 12.4. The summed E-state index contributed by atoms with van der Waals surface area (Å²) in [7, 11) is 0. The van der Waals surface area contributed by atoms with E-state index in [1.54, 1.807) is 0 Å². The van der Waals surface area contributed by atoms with E-state index in [9.17, 15) is 4.79 Å². The minimum Gasteiger partial charge on any atom is -0.342 e. The zero-order valence-electron chi connectivity index (χ0n) is 20.2. The topological polar surface area (TPSA) is 35.9 Å². The summed E-state index contributed by atoms with van der Waals surface area (Å²) in [4.78, 5) is 22.9. The predicted octanol–water partition coefficient (Wildman–Crippen LogP) is 5.57. The smallest absolute Gasteiger partial charge is 0.259 e. The summed E-state index contributed by atoms with van der Waals surface area (Å²) in [6.45, 7) is 6.04. The summed E-state index contributed by atoms with van der Waals surface area (Å²) in [5.41, 5.74) is 5.82. The Labute approximate surface area is 202 Å². The third-order valence-electron chi connectivity index (χ3n) is 6.98. The van der Waals surface area contributed by atoms with Crippen molar-refractivity contribution >= 4 is 17.6 Å². The van der Waals surface area contributed by atoms with Gasteiger partial charge in [0.2, 0.25) is 5.96 Å². The zero-order valence-corrected chi connectivity index (χ0v) is 20.2. The van der Waals surface area contributed by atoms with Gasteiger partial charge in [-0.15, -0.1) is 0 Å². The second-order valence-corrected chi connectivity index (χ2v) is 9.77. The fraction of sp³-hybridized carbons (Fsp3) is 0.333. The molecule has 4 nitrogen and oxygen atoms in total. The molecule has 1 atom stereocenters. The average Bonchev–Trinajstić information content (AvgIpc) is 3.16. The van der Waals surface area contributed by atoms with Gasteiger partial charge in [-0.3, -0.25) is 4.79 Å². The Morgan fingerprint density at radius 3 is 1.94 bits per heavy atom. The molecule has 0 saturated carbocycles. The van der Waals surface area contributed by atoms with E-state index in [4.69, 9.17) is 4.99 Å². The number of anilines is 1. The van der Waals surface area contributed by atoms with Gasteiger partial charge in [0.15, 0.2) is 0 Å². The van der Waals surface area contributed by atoms with E-state index in [-0.39, 0.29) is 11.9 Å². The number of carbonyl (C=O) groups excluding carboxylic acids is 1. The number of aliphatic imine (C=N–C) groups is 1. The van der Waals surface area contributed by atoms with Crippen molar-refractivity contribution in [2.75, 3.05) is 18.0 Å². The molecule has 1 saturated heterocycles. The molecule has 1 fully saturated rings. The molecule has 5 rings (SSSR count). The van der Waals surface area contributed by atoms with Crippen LogP contribution >= 0.6 is 0 Å². The van der Waals surface area contributed by atoms with Crippen molar-refractivity contribution in [1.29, 1.82) is 0 Å². The molecule has 2 aliphatic heterocycles. The molecule has 2 aliphatic rings. The first-order chi connectivity index (χ1) is 16.6. The number of carbonyl (C=O) groups is 1. The Morgan fingerprint density at radius 1 is 0.794 bits per heavy atom. The minimum atomic E-state index is -0.375. The summed E-state index contributed by atoms with van der Waals surface area (Å²) in [6.07, 6.45) is 3.99. The van der Waals surface area contributed by atoms with Crippen molar-refractivity contribution in [2.45, 2.75) is 45.6 Å². The number of amides is 1. The molecule has 34 heavy (non-hydrogen) atoms. The highest BCUT2D eigenvalue weighted by atomic mass is 16.2. The van der Waals surface area contributed by atoms with E-state index in [0.717, 1.165) is 60.7 Å². The van der Waals surface area contributed by atoms with Crippen molar-refractivity contribution < 1.29 is 4.79 Å². The Balaban J connectivity index is 1.37. The van der Waals surface area contributed by atoms with Crippen LogP contribution < -0.4 is 4.90 Å². The van der Waals surface area contributed by atoms with E-state index >= 15 is 0 Å². The number of hydrogen-bond donors (Lipinski definition) is 0. The molecule has 0 aromatic heterocycles. The number of piperidine rings is 1. The quantitative estimate of drug-likeness (QED) is 0.508. The van der Waals surface area contributed by atoms with Crippen molar-refractivity contribution in [3.63, 3.8) is 0 Å². The number of likely N-dealkylation sites (tertiary alicyclic amines) is 1. The van der Waals surface area contributed by atoms with Gasteiger partial charge >= 0.3 is 0 Å². The highest BCUT2D eigenvalue weighted by Gasteiger charge is 2.39. The van der Waals surface area contributed by atoms with Crippen LogP contribution in [0.25, 0.3) is 0 Å². The SMILES string of the molecule is Cc1cc(C)cc(N2C(=O)C(Cc3ccccc3)N=C2N2CCC(Cc3ccccc3)CC2)c1. The maximum absolute atomic E-state index is 13.7. The van der Waals surface area contributed by atoms with Gasteiger partial charge in [-0.05, 0) is 73.4 Å². The van der Waals surface area contributed by atoms with E-state index < -0.39 is 0 Å². The average molecular weight is 452 g/mol.